The molecule has 0 saturated carbocycles. The van der Waals surface area contributed by atoms with Crippen LogP contribution in [0.15, 0.2) is 64.3 Å². The van der Waals surface area contributed by atoms with Crippen LogP contribution in [0.4, 0.5) is 0 Å². The fraction of sp³-hybridized carbons (Fsp3) is 0.345. The fourth-order valence-electron chi connectivity index (χ4n) is 4.12. The molecule has 0 unspecified atom stereocenters. The van der Waals surface area contributed by atoms with Crippen molar-refractivity contribution in [3.8, 4) is 17.2 Å². The molecule has 0 aliphatic rings. The van der Waals surface area contributed by atoms with Gasteiger partial charge in [-0.15, -0.1) is 11.8 Å². The third kappa shape index (κ3) is 4.74. The second-order valence-electron chi connectivity index (χ2n) is 10.5. The fourth-order valence-corrected chi connectivity index (χ4v) is 5.57. The summed E-state index contributed by atoms with van der Waals surface area (Å²) >= 11 is 1.66. The zero-order valence-corrected chi connectivity index (χ0v) is 24.2. The largest absolute Gasteiger partial charge is 0.539 e. The predicted octanol–water partition coefficient (Wildman–Crippen LogP) is 7.33. The molecule has 0 bridgehead atoms. The van der Waals surface area contributed by atoms with Gasteiger partial charge in [0.15, 0.2) is 22.7 Å². The van der Waals surface area contributed by atoms with Crippen molar-refractivity contribution in [1.29, 1.82) is 0 Å². The van der Waals surface area contributed by atoms with E-state index < -0.39 is 8.32 Å². The van der Waals surface area contributed by atoms with Crippen LogP contribution in [0.3, 0.4) is 0 Å². The molecule has 0 atom stereocenters. The van der Waals surface area contributed by atoms with Gasteiger partial charge < -0.3 is 18.5 Å². The zero-order chi connectivity index (χ0) is 26.3. The minimum absolute atomic E-state index is 0.0322. The number of rotatable bonds is 7. The van der Waals surface area contributed by atoms with Crippen molar-refractivity contribution in [3.63, 3.8) is 0 Å². The van der Waals surface area contributed by atoms with E-state index in [9.17, 15) is 4.79 Å². The molecule has 0 spiro atoms. The molecule has 4 rings (SSSR count). The summed E-state index contributed by atoms with van der Waals surface area (Å²) in [5, 5.41) is 1.45. The summed E-state index contributed by atoms with van der Waals surface area (Å²) in [7, 11) is 1.19. The Labute approximate surface area is 218 Å². The molecule has 0 fully saturated rings. The maximum Gasteiger partial charge on any atom is 0.250 e. The molecule has 0 radical (unpaired) electrons. The van der Waals surface area contributed by atoms with Crippen molar-refractivity contribution in [1.82, 2.24) is 4.57 Å². The maximum absolute atomic E-state index is 13.3. The summed E-state index contributed by atoms with van der Waals surface area (Å²) in [6.07, 6.45) is 2.04. The van der Waals surface area contributed by atoms with E-state index in [0.717, 1.165) is 21.5 Å². The van der Waals surface area contributed by atoms with Crippen molar-refractivity contribution in [2.75, 3.05) is 20.5 Å². The Morgan fingerprint density at radius 1 is 0.889 bits per heavy atom. The lowest BCUT2D eigenvalue weighted by Gasteiger charge is -2.37. The van der Waals surface area contributed by atoms with Gasteiger partial charge in [0.2, 0.25) is 0 Å². The average molecular weight is 522 g/mol. The Kier molecular flexibility index (Phi) is 7.17. The standard InChI is InChI=1S/C29H35NO4SSi/c1-29(2,3)36(7,8)34-28-25(32-4)15-19(16-26(28)33-5)18-30-23-12-10-9-11-21(23)27(31)22-14-13-20(35-6)17-24(22)30/h9-17H,18H2,1-8H3. The minimum Gasteiger partial charge on any atom is -0.539 e. The number of methoxy groups -OCH3 is 2. The van der Waals surface area contributed by atoms with E-state index in [4.69, 9.17) is 13.9 Å². The van der Waals surface area contributed by atoms with Gasteiger partial charge in [0, 0.05) is 22.2 Å². The summed E-state index contributed by atoms with van der Waals surface area (Å²) in [5.41, 5.74) is 2.85. The van der Waals surface area contributed by atoms with Crippen molar-refractivity contribution >= 4 is 41.9 Å². The third-order valence-corrected chi connectivity index (χ3v) is 12.3. The minimum atomic E-state index is -2.12. The first-order chi connectivity index (χ1) is 17.0. The number of aromatic nitrogens is 1. The monoisotopic (exact) mass is 521 g/mol. The van der Waals surface area contributed by atoms with Crippen molar-refractivity contribution in [3.05, 3.63) is 70.4 Å². The summed E-state index contributed by atoms with van der Waals surface area (Å²) < 4.78 is 20.5. The van der Waals surface area contributed by atoms with Gasteiger partial charge in [0.25, 0.3) is 8.32 Å². The Bertz CT molecular complexity index is 1460. The number of nitrogens with zero attached hydrogens (tertiary/aromatic N) is 1. The lowest BCUT2D eigenvalue weighted by Crippen LogP contribution is -2.44. The molecule has 0 aliphatic carbocycles. The first-order valence-electron chi connectivity index (χ1n) is 12.0. The number of benzene rings is 3. The van der Waals surface area contributed by atoms with Crippen molar-refractivity contribution in [2.24, 2.45) is 0 Å². The van der Waals surface area contributed by atoms with Gasteiger partial charge in [-0.25, -0.2) is 0 Å². The van der Waals surface area contributed by atoms with Crippen LogP contribution in [-0.4, -0.2) is 33.4 Å². The molecule has 190 valence electrons. The van der Waals surface area contributed by atoms with Gasteiger partial charge in [-0.05, 0) is 72.4 Å². The Morgan fingerprint density at radius 2 is 1.50 bits per heavy atom. The molecule has 3 aromatic carbocycles. The highest BCUT2D eigenvalue weighted by Gasteiger charge is 2.40. The molecule has 5 nitrogen and oxygen atoms in total. The van der Waals surface area contributed by atoms with E-state index in [0.29, 0.717) is 34.6 Å². The summed E-state index contributed by atoms with van der Waals surface area (Å²) in [6.45, 7) is 11.6. The zero-order valence-electron chi connectivity index (χ0n) is 22.4. The van der Waals surface area contributed by atoms with Gasteiger partial charge in [0.05, 0.1) is 25.3 Å². The first kappa shape index (κ1) is 26.2. The lowest BCUT2D eigenvalue weighted by molar-refractivity contribution is 0.353. The van der Waals surface area contributed by atoms with E-state index in [1.54, 1.807) is 26.0 Å². The second-order valence-corrected chi connectivity index (χ2v) is 16.1. The van der Waals surface area contributed by atoms with Crippen LogP contribution in [0.2, 0.25) is 18.1 Å². The Hall–Kier alpha value is -2.90. The number of fused-ring (bicyclic) bond motifs is 2. The van der Waals surface area contributed by atoms with E-state index in [1.165, 1.54) is 0 Å². The van der Waals surface area contributed by atoms with Gasteiger partial charge in [-0.2, -0.15) is 0 Å². The average Bonchev–Trinajstić information content (AvgIpc) is 2.85. The molecular weight excluding hydrogens is 486 g/mol. The highest BCUT2D eigenvalue weighted by Crippen LogP contribution is 2.45. The molecule has 1 heterocycles. The van der Waals surface area contributed by atoms with Gasteiger partial charge >= 0.3 is 0 Å². The molecule has 4 aromatic rings. The summed E-state index contributed by atoms with van der Waals surface area (Å²) in [5.74, 6) is 1.94. The quantitative estimate of drug-likeness (QED) is 0.145. The molecule has 36 heavy (non-hydrogen) atoms. The number of thioether (sulfide) groups is 1. The van der Waals surface area contributed by atoms with E-state index in [-0.39, 0.29) is 10.5 Å². The highest BCUT2D eigenvalue weighted by molar-refractivity contribution is 7.98. The summed E-state index contributed by atoms with van der Waals surface area (Å²) in [4.78, 5) is 14.4. The van der Waals surface area contributed by atoms with Crippen LogP contribution >= 0.6 is 11.8 Å². The highest BCUT2D eigenvalue weighted by atomic mass is 32.2. The smallest absolute Gasteiger partial charge is 0.250 e. The third-order valence-electron chi connectivity index (χ3n) is 7.20. The molecule has 0 amide bonds. The molecule has 0 saturated heterocycles. The number of ether oxygens (including phenoxy) is 2. The van der Waals surface area contributed by atoms with E-state index in [2.05, 4.69) is 44.5 Å². The van der Waals surface area contributed by atoms with Crippen LogP contribution in [0.5, 0.6) is 17.2 Å². The van der Waals surface area contributed by atoms with E-state index in [1.807, 2.05) is 54.8 Å². The second kappa shape index (κ2) is 9.86. The molecule has 0 aliphatic heterocycles. The first-order valence-corrected chi connectivity index (χ1v) is 16.2. The predicted molar refractivity (Wildman–Crippen MR) is 154 cm³/mol. The number of hydrogen-bond donors (Lipinski definition) is 0. The van der Waals surface area contributed by atoms with Crippen LogP contribution in [-0.2, 0) is 6.54 Å². The maximum atomic E-state index is 13.3. The molecule has 1 aromatic heterocycles. The lowest BCUT2D eigenvalue weighted by atomic mass is 10.1. The summed E-state index contributed by atoms with van der Waals surface area (Å²) in [6, 6.07) is 17.9. The van der Waals surface area contributed by atoms with Crippen LogP contribution < -0.4 is 19.3 Å². The molecule has 0 N–H and O–H groups in total. The number of para-hydroxylation sites is 1. The Morgan fingerprint density at radius 3 is 2.08 bits per heavy atom. The normalized spacial score (nSPS) is 12.2. The van der Waals surface area contributed by atoms with Gasteiger partial charge in [-0.3, -0.25) is 4.79 Å². The number of hydrogen-bond acceptors (Lipinski definition) is 5. The molecule has 7 heteroatoms. The van der Waals surface area contributed by atoms with Gasteiger partial charge in [-0.1, -0.05) is 32.9 Å². The number of pyridine rings is 1. The van der Waals surface area contributed by atoms with Crippen molar-refractivity contribution in [2.45, 2.75) is 50.3 Å². The topological polar surface area (TPSA) is 49.7 Å². The Balaban J connectivity index is 1.91. The van der Waals surface area contributed by atoms with E-state index >= 15 is 0 Å². The van der Waals surface area contributed by atoms with Crippen LogP contribution in [0.1, 0.15) is 26.3 Å². The van der Waals surface area contributed by atoms with Gasteiger partial charge in [0.1, 0.15) is 0 Å². The van der Waals surface area contributed by atoms with Crippen LogP contribution in [0, 0.1) is 0 Å². The van der Waals surface area contributed by atoms with Crippen LogP contribution in [0.25, 0.3) is 21.8 Å². The van der Waals surface area contributed by atoms with Crippen molar-refractivity contribution < 1.29 is 13.9 Å². The molecular formula is C29H35NO4SSi. The SMILES string of the molecule is COc1cc(Cn2c3ccccc3c(=O)c3ccc(SC)cc32)cc(OC)c1O[Si](C)(C)C(C)(C)C.